The maximum absolute atomic E-state index is 12.9. The maximum atomic E-state index is 12.9. The van der Waals surface area contributed by atoms with E-state index < -0.39 is 17.7 Å². The fourth-order valence-electron chi connectivity index (χ4n) is 4.22. The van der Waals surface area contributed by atoms with Crippen molar-refractivity contribution in [2.75, 3.05) is 19.6 Å². The highest BCUT2D eigenvalue weighted by Crippen LogP contribution is 2.35. The van der Waals surface area contributed by atoms with E-state index in [1.165, 1.54) is 17.2 Å². The summed E-state index contributed by atoms with van der Waals surface area (Å²) in [7, 11) is 0. The van der Waals surface area contributed by atoms with Gasteiger partial charge in [-0.3, -0.25) is 9.69 Å². The number of carboxylic acids is 1. The lowest BCUT2D eigenvalue weighted by molar-refractivity contribution is -0.147. The zero-order valence-corrected chi connectivity index (χ0v) is 17.2. The Bertz CT molecular complexity index is 1020. The summed E-state index contributed by atoms with van der Waals surface area (Å²) in [5.74, 6) is -0.346. The fourth-order valence-corrected chi connectivity index (χ4v) is 4.22. The number of aryl methyl sites for hydroxylation is 1. The average Bonchev–Trinajstić information content (AvgIpc) is 2.69. The summed E-state index contributed by atoms with van der Waals surface area (Å²) in [4.78, 5) is 13.1. The summed E-state index contributed by atoms with van der Waals surface area (Å²) in [5, 5.41) is 9.03. The van der Waals surface area contributed by atoms with Crippen molar-refractivity contribution in [3.05, 3.63) is 70.3 Å². The van der Waals surface area contributed by atoms with Crippen LogP contribution >= 0.6 is 0 Å². The highest BCUT2D eigenvalue weighted by atomic mass is 19.4. The van der Waals surface area contributed by atoms with E-state index in [1.54, 1.807) is 6.07 Å². The molecule has 164 valence electrons. The second-order valence-electron chi connectivity index (χ2n) is 8.26. The summed E-state index contributed by atoms with van der Waals surface area (Å²) in [6, 6.07) is 11.0. The lowest BCUT2D eigenvalue weighted by Crippen LogP contribution is -2.50. The van der Waals surface area contributed by atoms with Crippen molar-refractivity contribution in [3.63, 3.8) is 0 Å². The number of rotatable bonds is 6. The van der Waals surface area contributed by atoms with Crippen LogP contribution in [0.3, 0.4) is 0 Å². The van der Waals surface area contributed by atoms with Crippen LogP contribution in [-0.2, 0) is 24.0 Å². The SMILES string of the molecule is CC1=C(CN2CC(C(=O)O)C2)CCc2cc(OCc3cccc(C(F)(F)F)c3)ccc21. The number of aliphatic carboxylic acids is 1. The number of likely N-dealkylation sites (tertiary alicyclic amines) is 1. The van der Waals surface area contributed by atoms with Crippen molar-refractivity contribution < 1.29 is 27.8 Å². The topological polar surface area (TPSA) is 49.8 Å². The number of hydrogen-bond acceptors (Lipinski definition) is 3. The van der Waals surface area contributed by atoms with E-state index in [1.807, 2.05) is 18.2 Å². The maximum Gasteiger partial charge on any atom is 0.416 e. The van der Waals surface area contributed by atoms with Gasteiger partial charge in [-0.25, -0.2) is 0 Å². The number of nitrogens with zero attached hydrogens (tertiary/aromatic N) is 1. The van der Waals surface area contributed by atoms with Crippen LogP contribution in [0.5, 0.6) is 5.75 Å². The lowest BCUT2D eigenvalue weighted by atomic mass is 9.85. The van der Waals surface area contributed by atoms with Gasteiger partial charge in [0.05, 0.1) is 11.5 Å². The van der Waals surface area contributed by atoms with E-state index in [2.05, 4.69) is 11.8 Å². The standard InChI is InChI=1S/C24H24F3NO3/c1-15-18(11-28-12-19(13-28)23(29)30)6-5-17-10-21(7-8-22(15)17)31-14-16-3-2-4-20(9-16)24(25,26)27/h2-4,7-10,19H,5-6,11-14H2,1H3,(H,29,30). The zero-order chi connectivity index (χ0) is 22.2. The quantitative estimate of drug-likeness (QED) is 0.698. The molecule has 1 saturated heterocycles. The molecular formula is C24H24F3NO3. The third-order valence-electron chi connectivity index (χ3n) is 6.09. The molecule has 4 nitrogen and oxygen atoms in total. The predicted molar refractivity (Wildman–Crippen MR) is 111 cm³/mol. The molecule has 7 heteroatoms. The molecule has 0 bridgehead atoms. The Morgan fingerprint density at radius 2 is 1.94 bits per heavy atom. The van der Waals surface area contributed by atoms with E-state index in [4.69, 9.17) is 9.84 Å². The number of hydrogen-bond donors (Lipinski definition) is 1. The van der Waals surface area contributed by atoms with Gasteiger partial charge in [0.2, 0.25) is 0 Å². The fraction of sp³-hybridized carbons (Fsp3) is 0.375. The van der Waals surface area contributed by atoms with Crippen LogP contribution in [0.4, 0.5) is 13.2 Å². The zero-order valence-electron chi connectivity index (χ0n) is 17.2. The highest BCUT2D eigenvalue weighted by molar-refractivity contribution is 5.73. The lowest BCUT2D eigenvalue weighted by Gasteiger charge is -2.38. The molecule has 1 aliphatic heterocycles. The van der Waals surface area contributed by atoms with Gasteiger partial charge in [-0.15, -0.1) is 0 Å². The van der Waals surface area contributed by atoms with Crippen LogP contribution in [0, 0.1) is 5.92 Å². The smallest absolute Gasteiger partial charge is 0.416 e. The van der Waals surface area contributed by atoms with Crippen molar-refractivity contribution in [2.45, 2.75) is 32.5 Å². The van der Waals surface area contributed by atoms with Crippen molar-refractivity contribution in [2.24, 2.45) is 5.92 Å². The van der Waals surface area contributed by atoms with Crippen LogP contribution in [-0.4, -0.2) is 35.6 Å². The molecule has 2 aromatic carbocycles. The summed E-state index contributed by atoms with van der Waals surface area (Å²) in [6.45, 7) is 4.15. The Hall–Kier alpha value is -2.80. The van der Waals surface area contributed by atoms with Gasteiger partial charge in [0.1, 0.15) is 12.4 Å². The number of allylic oxidation sites excluding steroid dienone is 1. The molecule has 2 aliphatic rings. The number of alkyl halides is 3. The normalized spacial score (nSPS) is 17.3. The number of carbonyl (C=O) groups is 1. The molecule has 1 heterocycles. The van der Waals surface area contributed by atoms with Gasteiger partial charge >= 0.3 is 12.1 Å². The van der Waals surface area contributed by atoms with E-state index in [0.29, 0.717) is 24.4 Å². The second kappa shape index (κ2) is 8.38. The first-order chi connectivity index (χ1) is 14.7. The molecule has 0 amide bonds. The molecule has 1 aliphatic carbocycles. The van der Waals surface area contributed by atoms with Gasteiger partial charge in [0, 0.05) is 19.6 Å². The minimum atomic E-state index is -4.37. The molecule has 0 aromatic heterocycles. The van der Waals surface area contributed by atoms with E-state index in [0.717, 1.165) is 42.6 Å². The Kier molecular flexibility index (Phi) is 5.79. The van der Waals surface area contributed by atoms with Crippen LogP contribution in [0.25, 0.3) is 5.57 Å². The molecular weight excluding hydrogens is 407 g/mol. The van der Waals surface area contributed by atoms with Crippen LogP contribution in [0.1, 0.15) is 35.6 Å². The van der Waals surface area contributed by atoms with Crippen molar-refractivity contribution in [1.29, 1.82) is 0 Å². The molecule has 0 radical (unpaired) electrons. The van der Waals surface area contributed by atoms with Gasteiger partial charge in [-0.05, 0) is 66.3 Å². The van der Waals surface area contributed by atoms with E-state index >= 15 is 0 Å². The number of halogens is 3. The van der Waals surface area contributed by atoms with E-state index in [9.17, 15) is 18.0 Å². The Labute approximate surface area is 178 Å². The molecule has 2 aromatic rings. The van der Waals surface area contributed by atoms with Crippen LogP contribution in [0.15, 0.2) is 48.0 Å². The second-order valence-corrected chi connectivity index (χ2v) is 8.26. The Morgan fingerprint density at radius 3 is 2.65 bits per heavy atom. The summed E-state index contributed by atoms with van der Waals surface area (Å²) < 4.78 is 44.4. The van der Waals surface area contributed by atoms with Gasteiger partial charge in [-0.2, -0.15) is 13.2 Å². The number of carboxylic acid groups (broad SMARTS) is 1. The van der Waals surface area contributed by atoms with E-state index in [-0.39, 0.29) is 12.5 Å². The summed E-state index contributed by atoms with van der Waals surface area (Å²) in [5.41, 5.74) is 4.65. The monoisotopic (exact) mass is 431 g/mol. The molecule has 0 unspecified atom stereocenters. The van der Waals surface area contributed by atoms with Crippen LogP contribution in [0.2, 0.25) is 0 Å². The molecule has 0 atom stereocenters. The minimum absolute atomic E-state index is 0.0719. The average molecular weight is 431 g/mol. The molecule has 1 N–H and O–H groups in total. The Balaban J connectivity index is 1.41. The summed E-state index contributed by atoms with van der Waals surface area (Å²) >= 11 is 0. The van der Waals surface area contributed by atoms with Crippen molar-refractivity contribution in [3.8, 4) is 5.75 Å². The molecule has 0 spiro atoms. The van der Waals surface area contributed by atoms with Gasteiger partial charge in [0.25, 0.3) is 0 Å². The van der Waals surface area contributed by atoms with Crippen molar-refractivity contribution in [1.82, 2.24) is 4.90 Å². The number of ether oxygens (including phenoxy) is 1. The number of benzene rings is 2. The molecule has 1 fully saturated rings. The Morgan fingerprint density at radius 1 is 1.16 bits per heavy atom. The molecule has 4 rings (SSSR count). The number of fused-ring (bicyclic) bond motifs is 1. The largest absolute Gasteiger partial charge is 0.489 e. The first-order valence-electron chi connectivity index (χ1n) is 10.3. The van der Waals surface area contributed by atoms with Crippen LogP contribution < -0.4 is 4.74 Å². The van der Waals surface area contributed by atoms with Gasteiger partial charge < -0.3 is 9.84 Å². The summed E-state index contributed by atoms with van der Waals surface area (Å²) in [6.07, 6.45) is -2.60. The van der Waals surface area contributed by atoms with Crippen molar-refractivity contribution >= 4 is 11.5 Å². The van der Waals surface area contributed by atoms with Gasteiger partial charge in [-0.1, -0.05) is 23.8 Å². The highest BCUT2D eigenvalue weighted by Gasteiger charge is 2.33. The molecule has 0 saturated carbocycles. The predicted octanol–water partition coefficient (Wildman–Crippen LogP) is 5.02. The first-order valence-corrected chi connectivity index (χ1v) is 10.3. The molecule has 31 heavy (non-hydrogen) atoms. The van der Waals surface area contributed by atoms with Gasteiger partial charge in [0.15, 0.2) is 0 Å². The third kappa shape index (κ3) is 4.77. The minimum Gasteiger partial charge on any atom is -0.489 e. The first kappa shape index (κ1) is 21.4. The third-order valence-corrected chi connectivity index (χ3v) is 6.09.